The molecule has 0 radical (unpaired) electrons. The Labute approximate surface area is 199 Å². The first kappa shape index (κ1) is 25.6. The maximum Gasteiger partial charge on any atom is 0.0370 e. The van der Waals surface area contributed by atoms with Crippen molar-refractivity contribution >= 4 is 5.69 Å². The number of piperidine rings is 1. The van der Waals surface area contributed by atoms with Gasteiger partial charge in [-0.1, -0.05) is 53.7 Å². The first-order valence-electron chi connectivity index (χ1n) is 13.2. The van der Waals surface area contributed by atoms with Gasteiger partial charge in [0.1, 0.15) is 0 Å². The van der Waals surface area contributed by atoms with E-state index >= 15 is 0 Å². The molecule has 0 saturated carbocycles. The smallest absolute Gasteiger partial charge is 0.0370 e. The number of hydrogen-bond acceptors (Lipinski definition) is 3. The Hall–Kier alpha value is -1.06. The Morgan fingerprint density at radius 1 is 0.812 bits per heavy atom. The molecule has 0 aliphatic carbocycles. The second-order valence-corrected chi connectivity index (χ2v) is 13.2. The van der Waals surface area contributed by atoms with Crippen LogP contribution >= 0.6 is 0 Å². The molecule has 3 rings (SSSR count). The molecule has 0 aromatic heterocycles. The van der Waals surface area contributed by atoms with Crippen molar-refractivity contribution in [2.75, 3.05) is 50.7 Å². The molecule has 2 heterocycles. The number of piperazine rings is 1. The van der Waals surface area contributed by atoms with Crippen LogP contribution in [0.4, 0.5) is 5.69 Å². The lowest BCUT2D eigenvalue weighted by Crippen LogP contribution is -2.55. The van der Waals surface area contributed by atoms with E-state index in [2.05, 4.69) is 94.4 Å². The molecule has 2 aliphatic rings. The number of rotatable bonds is 6. The SMILES string of the molecule is CC(C)(C)c1cccc(N2CCN(C(C)(C)CCCN3CCC(C(C)(C)C)CC3)CC2)c1. The van der Waals surface area contributed by atoms with Gasteiger partial charge < -0.3 is 9.80 Å². The molecular weight excluding hydrogens is 390 g/mol. The molecule has 2 aliphatic heterocycles. The summed E-state index contributed by atoms with van der Waals surface area (Å²) >= 11 is 0. The summed E-state index contributed by atoms with van der Waals surface area (Å²) in [5.41, 5.74) is 3.81. The van der Waals surface area contributed by atoms with Crippen molar-refractivity contribution in [3.05, 3.63) is 29.8 Å². The van der Waals surface area contributed by atoms with Crippen molar-refractivity contribution in [2.24, 2.45) is 11.3 Å². The predicted molar refractivity (Wildman–Crippen MR) is 141 cm³/mol. The third-order valence-electron chi connectivity index (χ3n) is 8.29. The molecule has 1 aromatic rings. The van der Waals surface area contributed by atoms with Gasteiger partial charge in [-0.2, -0.15) is 0 Å². The van der Waals surface area contributed by atoms with Gasteiger partial charge in [0.15, 0.2) is 0 Å². The van der Waals surface area contributed by atoms with E-state index in [4.69, 9.17) is 0 Å². The van der Waals surface area contributed by atoms with Crippen LogP contribution in [-0.4, -0.2) is 61.2 Å². The standard InChI is InChI=1S/C29H51N3/c1-27(2,3)24-13-17-30(18-14-24)16-10-15-29(7,8)32-21-19-31(20-22-32)26-12-9-11-25(23-26)28(4,5)6/h9,11-12,23-24H,10,13-22H2,1-8H3. The van der Waals surface area contributed by atoms with E-state index in [9.17, 15) is 0 Å². The maximum absolute atomic E-state index is 2.74. The van der Waals surface area contributed by atoms with Crippen LogP contribution in [0.5, 0.6) is 0 Å². The molecule has 0 amide bonds. The molecule has 0 unspecified atom stereocenters. The predicted octanol–water partition coefficient (Wildman–Crippen LogP) is 6.42. The third kappa shape index (κ3) is 6.73. The summed E-state index contributed by atoms with van der Waals surface area (Å²) in [6, 6.07) is 9.20. The Morgan fingerprint density at radius 2 is 1.44 bits per heavy atom. The van der Waals surface area contributed by atoms with Gasteiger partial charge in [0.25, 0.3) is 0 Å². The van der Waals surface area contributed by atoms with E-state index in [-0.39, 0.29) is 5.41 Å². The van der Waals surface area contributed by atoms with Crippen LogP contribution in [0.25, 0.3) is 0 Å². The van der Waals surface area contributed by atoms with Crippen molar-refractivity contribution in [1.29, 1.82) is 0 Å². The molecular formula is C29H51N3. The minimum absolute atomic E-state index is 0.210. The number of anilines is 1. The monoisotopic (exact) mass is 441 g/mol. The van der Waals surface area contributed by atoms with Gasteiger partial charge in [0.2, 0.25) is 0 Å². The molecule has 3 nitrogen and oxygen atoms in total. The highest BCUT2D eigenvalue weighted by molar-refractivity contribution is 5.50. The van der Waals surface area contributed by atoms with Crippen molar-refractivity contribution < 1.29 is 0 Å². The van der Waals surface area contributed by atoms with Gasteiger partial charge in [-0.15, -0.1) is 0 Å². The van der Waals surface area contributed by atoms with Crippen LogP contribution in [-0.2, 0) is 5.41 Å². The van der Waals surface area contributed by atoms with Crippen molar-refractivity contribution in [3.63, 3.8) is 0 Å². The molecule has 0 spiro atoms. The fourth-order valence-corrected chi connectivity index (χ4v) is 5.66. The minimum atomic E-state index is 0.210. The van der Waals surface area contributed by atoms with Crippen molar-refractivity contribution in [1.82, 2.24) is 9.80 Å². The Kier molecular flexibility index (Phi) is 8.03. The lowest BCUT2D eigenvalue weighted by Gasteiger charge is -2.45. The molecule has 3 heteroatoms. The van der Waals surface area contributed by atoms with Gasteiger partial charge in [-0.25, -0.2) is 0 Å². The summed E-state index contributed by atoms with van der Waals surface area (Å²) < 4.78 is 0. The highest BCUT2D eigenvalue weighted by atomic mass is 15.3. The molecule has 1 aromatic carbocycles. The topological polar surface area (TPSA) is 9.72 Å². The van der Waals surface area contributed by atoms with Gasteiger partial charge in [-0.3, -0.25) is 4.90 Å². The van der Waals surface area contributed by atoms with Gasteiger partial charge in [0, 0.05) is 37.4 Å². The average Bonchev–Trinajstić information content (AvgIpc) is 2.73. The van der Waals surface area contributed by atoms with E-state index in [0.29, 0.717) is 11.0 Å². The quantitative estimate of drug-likeness (QED) is 0.504. The summed E-state index contributed by atoms with van der Waals surface area (Å²) in [7, 11) is 0. The largest absolute Gasteiger partial charge is 0.369 e. The Morgan fingerprint density at radius 3 is 2.00 bits per heavy atom. The highest BCUT2D eigenvalue weighted by Gasteiger charge is 2.31. The molecule has 2 saturated heterocycles. The first-order chi connectivity index (χ1) is 14.9. The fraction of sp³-hybridized carbons (Fsp3) is 0.793. The van der Waals surface area contributed by atoms with E-state index in [0.717, 1.165) is 19.0 Å². The molecule has 2 fully saturated rings. The average molecular weight is 442 g/mol. The molecule has 0 N–H and O–H groups in total. The van der Waals surface area contributed by atoms with Crippen LogP contribution in [0.3, 0.4) is 0 Å². The zero-order valence-electron chi connectivity index (χ0n) is 22.5. The van der Waals surface area contributed by atoms with E-state index in [1.54, 1.807) is 0 Å². The number of likely N-dealkylation sites (tertiary alicyclic amines) is 1. The zero-order chi connectivity index (χ0) is 23.6. The van der Waals surface area contributed by atoms with E-state index in [1.807, 2.05) is 0 Å². The Bertz CT molecular complexity index is 709. The fourth-order valence-electron chi connectivity index (χ4n) is 5.66. The summed E-state index contributed by atoms with van der Waals surface area (Å²) in [4.78, 5) is 8.04. The minimum Gasteiger partial charge on any atom is -0.369 e. The lowest BCUT2D eigenvalue weighted by molar-refractivity contribution is 0.0857. The van der Waals surface area contributed by atoms with Crippen LogP contribution < -0.4 is 4.90 Å². The van der Waals surface area contributed by atoms with Crippen LogP contribution in [0.15, 0.2) is 24.3 Å². The van der Waals surface area contributed by atoms with E-state index < -0.39 is 0 Å². The summed E-state index contributed by atoms with van der Waals surface area (Å²) in [5.74, 6) is 0.899. The summed E-state index contributed by atoms with van der Waals surface area (Å²) in [5, 5.41) is 0. The van der Waals surface area contributed by atoms with Gasteiger partial charge >= 0.3 is 0 Å². The third-order valence-corrected chi connectivity index (χ3v) is 8.29. The molecule has 182 valence electrons. The van der Waals surface area contributed by atoms with Crippen molar-refractivity contribution in [2.45, 2.75) is 92.0 Å². The lowest BCUT2D eigenvalue weighted by atomic mass is 9.75. The van der Waals surface area contributed by atoms with Gasteiger partial charge in [0.05, 0.1) is 0 Å². The van der Waals surface area contributed by atoms with Gasteiger partial charge in [-0.05, 0) is 93.6 Å². The van der Waals surface area contributed by atoms with Crippen LogP contribution in [0.2, 0.25) is 0 Å². The second-order valence-electron chi connectivity index (χ2n) is 13.2. The number of nitrogens with zero attached hydrogens (tertiary/aromatic N) is 3. The summed E-state index contributed by atoms with van der Waals surface area (Å²) in [6.07, 6.45) is 5.38. The molecule has 32 heavy (non-hydrogen) atoms. The summed E-state index contributed by atoms with van der Waals surface area (Å²) in [6.45, 7) is 27.6. The highest BCUT2D eigenvalue weighted by Crippen LogP contribution is 2.34. The zero-order valence-corrected chi connectivity index (χ0v) is 22.5. The second kappa shape index (κ2) is 10.1. The maximum atomic E-state index is 2.74. The first-order valence-corrected chi connectivity index (χ1v) is 13.2. The number of benzene rings is 1. The van der Waals surface area contributed by atoms with E-state index in [1.165, 1.54) is 69.7 Å². The van der Waals surface area contributed by atoms with Crippen molar-refractivity contribution in [3.8, 4) is 0 Å². The normalized spacial score (nSPS) is 20.7. The molecule has 0 atom stereocenters. The number of hydrogen-bond donors (Lipinski definition) is 0. The molecule has 0 bridgehead atoms. The Balaban J connectivity index is 1.43. The van der Waals surface area contributed by atoms with Crippen LogP contribution in [0.1, 0.15) is 86.6 Å². The van der Waals surface area contributed by atoms with Crippen LogP contribution in [0, 0.1) is 11.3 Å².